The number of carbonyl (C=O) groups excluding carboxylic acids is 1. The van der Waals surface area contributed by atoms with Gasteiger partial charge in [0.25, 0.3) is 0 Å². The number of rotatable bonds is 4. The van der Waals surface area contributed by atoms with Gasteiger partial charge in [0.2, 0.25) is 0 Å². The number of nitrogens with zero attached hydrogens (tertiary/aromatic N) is 1. The van der Waals surface area contributed by atoms with Crippen molar-refractivity contribution < 1.29 is 4.79 Å². The molecule has 0 spiro atoms. The molecule has 1 aliphatic heterocycles. The topological polar surface area (TPSA) is 44.4 Å². The molecule has 2 unspecified atom stereocenters. The van der Waals surface area contributed by atoms with E-state index in [-0.39, 0.29) is 12.1 Å². The highest BCUT2D eigenvalue weighted by molar-refractivity contribution is 5.89. The number of hydrogen-bond donors (Lipinski definition) is 2. The van der Waals surface area contributed by atoms with Crippen LogP contribution in [0.5, 0.6) is 0 Å². The third kappa shape index (κ3) is 4.85. The van der Waals surface area contributed by atoms with E-state index >= 15 is 0 Å². The molecule has 2 atom stereocenters. The first kappa shape index (κ1) is 18.5. The van der Waals surface area contributed by atoms with E-state index in [4.69, 9.17) is 0 Å². The van der Waals surface area contributed by atoms with Crippen molar-refractivity contribution in [3.63, 3.8) is 0 Å². The van der Waals surface area contributed by atoms with E-state index in [0.29, 0.717) is 11.8 Å². The molecule has 2 aromatic rings. The normalized spacial score (nSPS) is 23.4. The second-order valence-corrected chi connectivity index (χ2v) is 7.62. The Morgan fingerprint density at radius 1 is 1.00 bits per heavy atom. The van der Waals surface area contributed by atoms with E-state index in [1.807, 2.05) is 31.2 Å². The summed E-state index contributed by atoms with van der Waals surface area (Å²) >= 11 is 0. The van der Waals surface area contributed by atoms with Gasteiger partial charge >= 0.3 is 6.03 Å². The van der Waals surface area contributed by atoms with Crippen LogP contribution < -0.4 is 10.6 Å². The van der Waals surface area contributed by atoms with Gasteiger partial charge in [0.15, 0.2) is 0 Å². The molecule has 1 saturated heterocycles. The zero-order chi connectivity index (χ0) is 18.5. The van der Waals surface area contributed by atoms with Crippen molar-refractivity contribution in [2.45, 2.75) is 33.4 Å². The molecule has 0 radical (unpaired) electrons. The van der Waals surface area contributed by atoms with Crippen molar-refractivity contribution in [3.05, 3.63) is 65.7 Å². The maximum atomic E-state index is 12.4. The summed E-state index contributed by atoms with van der Waals surface area (Å²) in [5.41, 5.74) is 3.36. The predicted octanol–water partition coefficient (Wildman–Crippen LogP) is 4.27. The number of carbonyl (C=O) groups is 1. The number of urea groups is 1. The Labute approximate surface area is 156 Å². The van der Waals surface area contributed by atoms with Crippen LogP contribution in [0.25, 0.3) is 0 Å². The number of anilines is 1. The molecule has 2 aromatic carbocycles. The quantitative estimate of drug-likeness (QED) is 0.864. The fourth-order valence-electron chi connectivity index (χ4n) is 3.89. The van der Waals surface area contributed by atoms with Crippen LogP contribution in [0.3, 0.4) is 0 Å². The van der Waals surface area contributed by atoms with E-state index in [1.54, 1.807) is 0 Å². The number of likely N-dealkylation sites (tertiary alicyclic amines) is 1. The van der Waals surface area contributed by atoms with Crippen molar-refractivity contribution in [2.24, 2.45) is 11.8 Å². The molecule has 4 heteroatoms. The van der Waals surface area contributed by atoms with Gasteiger partial charge in [-0.05, 0) is 36.5 Å². The molecule has 2 amide bonds. The first-order chi connectivity index (χ1) is 12.5. The lowest BCUT2D eigenvalue weighted by molar-refractivity contribution is 0.0994. The molecular formula is C22H29N3O. The molecular weight excluding hydrogens is 322 g/mol. The average molecular weight is 351 g/mol. The number of amides is 2. The molecule has 0 aromatic heterocycles. The Morgan fingerprint density at radius 3 is 2.23 bits per heavy atom. The second kappa shape index (κ2) is 8.37. The maximum Gasteiger partial charge on any atom is 0.319 e. The van der Waals surface area contributed by atoms with Crippen LogP contribution >= 0.6 is 0 Å². The Balaban J connectivity index is 1.54. The van der Waals surface area contributed by atoms with Crippen LogP contribution in [-0.2, 0) is 6.54 Å². The minimum absolute atomic E-state index is 0.117. The van der Waals surface area contributed by atoms with Crippen molar-refractivity contribution in [3.8, 4) is 0 Å². The number of piperidine rings is 1. The lowest BCUT2D eigenvalue weighted by Gasteiger charge is -2.41. The van der Waals surface area contributed by atoms with Crippen LogP contribution in [0.1, 0.15) is 25.0 Å². The molecule has 1 fully saturated rings. The number of nitrogens with one attached hydrogen (secondary N) is 2. The van der Waals surface area contributed by atoms with Crippen LogP contribution in [0.15, 0.2) is 54.6 Å². The molecule has 2 N–H and O–H groups in total. The largest absolute Gasteiger partial charge is 0.335 e. The van der Waals surface area contributed by atoms with Crippen molar-refractivity contribution >= 4 is 11.7 Å². The Kier molecular flexibility index (Phi) is 5.94. The van der Waals surface area contributed by atoms with Gasteiger partial charge in [-0.15, -0.1) is 0 Å². The Morgan fingerprint density at radius 2 is 1.62 bits per heavy atom. The van der Waals surface area contributed by atoms with Gasteiger partial charge in [-0.1, -0.05) is 61.9 Å². The highest BCUT2D eigenvalue weighted by atomic mass is 16.2. The summed E-state index contributed by atoms with van der Waals surface area (Å²) < 4.78 is 0. The van der Waals surface area contributed by atoms with Gasteiger partial charge in [0.1, 0.15) is 0 Å². The lowest BCUT2D eigenvalue weighted by atomic mass is 9.85. The van der Waals surface area contributed by atoms with E-state index < -0.39 is 0 Å². The summed E-state index contributed by atoms with van der Waals surface area (Å²) in [5, 5.41) is 6.13. The number of benzene rings is 2. The predicted molar refractivity (Wildman–Crippen MR) is 107 cm³/mol. The molecule has 0 aliphatic carbocycles. The highest BCUT2D eigenvalue weighted by Crippen LogP contribution is 2.24. The van der Waals surface area contributed by atoms with Crippen LogP contribution in [0.2, 0.25) is 0 Å². The zero-order valence-corrected chi connectivity index (χ0v) is 15.9. The summed E-state index contributed by atoms with van der Waals surface area (Å²) in [6, 6.07) is 18.5. The van der Waals surface area contributed by atoms with Gasteiger partial charge in [-0.2, -0.15) is 0 Å². The molecule has 0 bridgehead atoms. The Bertz CT molecular complexity index is 702. The number of aryl methyl sites for hydroxylation is 1. The fourth-order valence-corrected chi connectivity index (χ4v) is 3.89. The molecule has 3 rings (SSSR count). The van der Waals surface area contributed by atoms with E-state index in [2.05, 4.69) is 59.7 Å². The molecule has 26 heavy (non-hydrogen) atoms. The third-order valence-corrected chi connectivity index (χ3v) is 5.17. The fraction of sp³-hybridized carbons (Fsp3) is 0.409. The first-order valence-electron chi connectivity index (χ1n) is 9.41. The van der Waals surface area contributed by atoms with Gasteiger partial charge in [0, 0.05) is 31.4 Å². The number of hydrogen-bond acceptors (Lipinski definition) is 2. The van der Waals surface area contributed by atoms with E-state index in [1.165, 1.54) is 11.1 Å². The maximum absolute atomic E-state index is 12.4. The van der Waals surface area contributed by atoms with Gasteiger partial charge in [-0.25, -0.2) is 4.79 Å². The molecule has 138 valence electrons. The summed E-state index contributed by atoms with van der Waals surface area (Å²) in [7, 11) is 0. The van der Waals surface area contributed by atoms with Crippen LogP contribution in [-0.4, -0.2) is 30.1 Å². The van der Waals surface area contributed by atoms with Crippen LogP contribution in [0, 0.1) is 18.8 Å². The zero-order valence-electron chi connectivity index (χ0n) is 15.9. The van der Waals surface area contributed by atoms with Crippen molar-refractivity contribution in [2.75, 3.05) is 18.4 Å². The van der Waals surface area contributed by atoms with Crippen molar-refractivity contribution in [1.82, 2.24) is 10.2 Å². The van der Waals surface area contributed by atoms with E-state index in [0.717, 1.165) is 25.3 Å². The molecule has 1 aliphatic rings. The summed E-state index contributed by atoms with van der Waals surface area (Å²) in [6.07, 6.45) is 0. The molecule has 1 heterocycles. The lowest BCUT2D eigenvalue weighted by Crippen LogP contribution is -2.55. The molecule has 4 nitrogen and oxygen atoms in total. The average Bonchev–Trinajstić information content (AvgIpc) is 2.61. The minimum atomic E-state index is -0.117. The van der Waals surface area contributed by atoms with Gasteiger partial charge in [-0.3, -0.25) is 4.90 Å². The minimum Gasteiger partial charge on any atom is -0.335 e. The Hall–Kier alpha value is -2.33. The summed E-state index contributed by atoms with van der Waals surface area (Å²) in [5.74, 6) is 0.817. The van der Waals surface area contributed by atoms with Crippen molar-refractivity contribution in [1.29, 1.82) is 0 Å². The standard InChI is InChI=1S/C22H29N3O/c1-16-9-11-20(12-10-16)23-22(26)24-21-17(2)13-25(14-18(21)3)15-19-7-5-4-6-8-19/h4-12,17-18,21H,13-15H2,1-3H3,(H2,23,24,26). The van der Waals surface area contributed by atoms with Crippen LogP contribution in [0.4, 0.5) is 10.5 Å². The smallest absolute Gasteiger partial charge is 0.319 e. The SMILES string of the molecule is Cc1ccc(NC(=O)NC2C(C)CN(Cc3ccccc3)CC2C)cc1. The van der Waals surface area contributed by atoms with E-state index in [9.17, 15) is 4.79 Å². The summed E-state index contributed by atoms with van der Waals surface area (Å²) in [6.45, 7) is 9.45. The summed E-state index contributed by atoms with van der Waals surface area (Å²) in [4.78, 5) is 14.9. The van der Waals surface area contributed by atoms with Gasteiger partial charge in [0.05, 0.1) is 0 Å². The van der Waals surface area contributed by atoms with Gasteiger partial charge < -0.3 is 10.6 Å². The second-order valence-electron chi connectivity index (χ2n) is 7.62. The molecule has 0 saturated carbocycles. The monoisotopic (exact) mass is 351 g/mol. The third-order valence-electron chi connectivity index (χ3n) is 5.17. The highest BCUT2D eigenvalue weighted by Gasteiger charge is 2.32. The first-order valence-corrected chi connectivity index (χ1v) is 9.41.